The molecule has 0 bridgehead atoms. The van der Waals surface area contributed by atoms with Crippen molar-refractivity contribution in [2.24, 2.45) is 0 Å². The Morgan fingerprint density at radius 3 is 2.12 bits per heavy atom. The second-order valence-electron chi connectivity index (χ2n) is 8.47. The van der Waals surface area contributed by atoms with Gasteiger partial charge in [0.2, 0.25) is 0 Å². The van der Waals surface area contributed by atoms with Crippen LogP contribution in [0.25, 0.3) is 6.08 Å². The van der Waals surface area contributed by atoms with Crippen LogP contribution in [0.1, 0.15) is 28.4 Å². The maximum Gasteiger partial charge on any atom is 0.573 e. The van der Waals surface area contributed by atoms with Crippen LogP contribution >= 0.6 is 11.6 Å². The van der Waals surface area contributed by atoms with E-state index in [0.717, 1.165) is 17.7 Å². The molecular formula is C29H26ClF3N2O6. The summed E-state index contributed by atoms with van der Waals surface area (Å²) in [5, 5.41) is 5.67. The fourth-order valence-electron chi connectivity index (χ4n) is 3.38. The lowest BCUT2D eigenvalue weighted by Gasteiger charge is -2.12. The highest BCUT2D eigenvalue weighted by Crippen LogP contribution is 2.23. The molecule has 0 unspecified atom stereocenters. The van der Waals surface area contributed by atoms with Crippen molar-refractivity contribution in [1.82, 2.24) is 10.6 Å². The van der Waals surface area contributed by atoms with Gasteiger partial charge in [0.25, 0.3) is 11.8 Å². The molecule has 0 fully saturated rings. The molecule has 3 aromatic rings. The number of hydrogen-bond donors (Lipinski definition) is 2. The smallest absolute Gasteiger partial charge is 0.493 e. The molecule has 0 spiro atoms. The van der Waals surface area contributed by atoms with Crippen LogP contribution < -0.4 is 20.1 Å². The Morgan fingerprint density at radius 1 is 0.878 bits per heavy atom. The minimum atomic E-state index is -4.85. The zero-order valence-electron chi connectivity index (χ0n) is 21.8. The first-order valence-corrected chi connectivity index (χ1v) is 12.6. The first-order chi connectivity index (χ1) is 19.5. The molecule has 216 valence electrons. The van der Waals surface area contributed by atoms with Gasteiger partial charge >= 0.3 is 12.3 Å². The SMILES string of the molecule is CC(=O)OCCNC(=O)C(=Cc1ccc(OC(F)(F)F)cc1)NC(=O)c1ccc(OCCc2ccc(Cl)cc2)cc1. The molecule has 8 nitrogen and oxygen atoms in total. The number of halogens is 4. The number of nitrogens with one attached hydrogen (secondary N) is 2. The Balaban J connectivity index is 1.66. The number of esters is 1. The van der Waals surface area contributed by atoms with Crippen LogP contribution in [0.5, 0.6) is 11.5 Å². The zero-order valence-corrected chi connectivity index (χ0v) is 22.6. The van der Waals surface area contributed by atoms with Gasteiger partial charge in [0.15, 0.2) is 0 Å². The van der Waals surface area contributed by atoms with Gasteiger partial charge in [-0.3, -0.25) is 14.4 Å². The topological polar surface area (TPSA) is 103 Å². The van der Waals surface area contributed by atoms with Crippen LogP contribution in [0, 0.1) is 0 Å². The molecule has 0 aromatic heterocycles. The van der Waals surface area contributed by atoms with E-state index >= 15 is 0 Å². The van der Waals surface area contributed by atoms with Gasteiger partial charge in [0.05, 0.1) is 13.2 Å². The molecule has 2 amide bonds. The average Bonchev–Trinajstić information content (AvgIpc) is 2.92. The van der Waals surface area contributed by atoms with E-state index in [1.807, 2.05) is 12.1 Å². The van der Waals surface area contributed by atoms with Crippen molar-refractivity contribution in [1.29, 1.82) is 0 Å². The van der Waals surface area contributed by atoms with Crippen molar-refractivity contribution in [3.8, 4) is 11.5 Å². The fourth-order valence-corrected chi connectivity index (χ4v) is 3.51. The van der Waals surface area contributed by atoms with E-state index in [1.165, 1.54) is 37.3 Å². The van der Waals surface area contributed by atoms with E-state index in [-0.39, 0.29) is 24.4 Å². The molecule has 0 aliphatic carbocycles. The second-order valence-corrected chi connectivity index (χ2v) is 8.91. The number of carbonyl (C=O) groups is 3. The number of amides is 2. The summed E-state index contributed by atoms with van der Waals surface area (Å²) in [7, 11) is 0. The molecule has 3 rings (SSSR count). The molecule has 0 saturated carbocycles. The van der Waals surface area contributed by atoms with Crippen LogP contribution in [0.15, 0.2) is 78.5 Å². The minimum Gasteiger partial charge on any atom is -0.493 e. The monoisotopic (exact) mass is 590 g/mol. The molecule has 0 heterocycles. The van der Waals surface area contributed by atoms with E-state index in [2.05, 4.69) is 15.4 Å². The Kier molecular flexibility index (Phi) is 11.2. The van der Waals surface area contributed by atoms with Crippen molar-refractivity contribution >= 4 is 35.5 Å². The highest BCUT2D eigenvalue weighted by atomic mass is 35.5. The van der Waals surface area contributed by atoms with Crippen molar-refractivity contribution in [3.05, 3.63) is 100 Å². The standard InChI is InChI=1S/C29H26ClF3N2O6/c1-19(36)39-17-15-34-28(38)26(18-21-4-10-25(11-5-21)41-29(31,32)33)35-27(37)22-6-12-24(13-7-22)40-16-14-20-2-8-23(30)9-3-20/h2-13,18H,14-17H2,1H3,(H,34,38)(H,35,37). The zero-order chi connectivity index (χ0) is 29.8. The van der Waals surface area contributed by atoms with Gasteiger partial charge in [-0.25, -0.2) is 0 Å². The Labute approximate surface area is 239 Å². The Morgan fingerprint density at radius 2 is 1.51 bits per heavy atom. The third-order valence-corrected chi connectivity index (χ3v) is 5.55. The lowest BCUT2D eigenvalue weighted by atomic mass is 10.1. The molecule has 0 atom stereocenters. The molecule has 0 radical (unpaired) electrons. The van der Waals surface area contributed by atoms with Gasteiger partial charge in [-0.1, -0.05) is 35.9 Å². The van der Waals surface area contributed by atoms with Crippen molar-refractivity contribution < 1.29 is 41.8 Å². The average molecular weight is 591 g/mol. The van der Waals surface area contributed by atoms with Crippen LogP contribution in [-0.2, 0) is 20.7 Å². The largest absolute Gasteiger partial charge is 0.573 e. The number of carbonyl (C=O) groups excluding carboxylic acids is 3. The van der Waals surface area contributed by atoms with E-state index in [9.17, 15) is 27.6 Å². The van der Waals surface area contributed by atoms with Gasteiger partial charge in [-0.05, 0) is 65.7 Å². The first-order valence-electron chi connectivity index (χ1n) is 12.3. The van der Waals surface area contributed by atoms with Gasteiger partial charge in [0, 0.05) is 23.9 Å². The van der Waals surface area contributed by atoms with Gasteiger partial charge in [-0.15, -0.1) is 13.2 Å². The van der Waals surface area contributed by atoms with Gasteiger partial charge < -0.3 is 24.8 Å². The van der Waals surface area contributed by atoms with E-state index < -0.39 is 29.9 Å². The van der Waals surface area contributed by atoms with Crippen molar-refractivity contribution in [2.75, 3.05) is 19.8 Å². The second kappa shape index (κ2) is 14.8. The first kappa shape index (κ1) is 31.0. The summed E-state index contributed by atoms with van der Waals surface area (Å²) in [6, 6.07) is 18.4. The normalized spacial score (nSPS) is 11.4. The summed E-state index contributed by atoms with van der Waals surface area (Å²) in [6.07, 6.45) is -2.91. The number of ether oxygens (including phenoxy) is 3. The van der Waals surface area contributed by atoms with E-state index in [4.69, 9.17) is 21.1 Å². The van der Waals surface area contributed by atoms with Crippen molar-refractivity contribution in [3.63, 3.8) is 0 Å². The molecular weight excluding hydrogens is 565 g/mol. The van der Waals surface area contributed by atoms with Crippen LogP contribution in [-0.4, -0.2) is 43.9 Å². The summed E-state index contributed by atoms with van der Waals surface area (Å²) >= 11 is 5.89. The predicted octanol–water partition coefficient (Wildman–Crippen LogP) is 5.31. The summed E-state index contributed by atoms with van der Waals surface area (Å²) in [5.74, 6) is -1.75. The number of alkyl halides is 3. The van der Waals surface area contributed by atoms with Gasteiger partial charge in [-0.2, -0.15) is 0 Å². The maximum atomic E-state index is 12.9. The highest BCUT2D eigenvalue weighted by Gasteiger charge is 2.31. The molecule has 41 heavy (non-hydrogen) atoms. The maximum absolute atomic E-state index is 12.9. The predicted molar refractivity (Wildman–Crippen MR) is 145 cm³/mol. The lowest BCUT2D eigenvalue weighted by Crippen LogP contribution is -2.36. The summed E-state index contributed by atoms with van der Waals surface area (Å²) in [5.41, 5.74) is 1.40. The highest BCUT2D eigenvalue weighted by molar-refractivity contribution is 6.30. The quantitative estimate of drug-likeness (QED) is 0.168. The summed E-state index contributed by atoms with van der Waals surface area (Å²) < 4.78 is 51.7. The van der Waals surface area contributed by atoms with E-state index in [1.54, 1.807) is 24.3 Å². The number of hydrogen-bond acceptors (Lipinski definition) is 6. The minimum absolute atomic E-state index is 0.0357. The summed E-state index contributed by atoms with van der Waals surface area (Å²) in [4.78, 5) is 36.6. The third-order valence-electron chi connectivity index (χ3n) is 5.30. The van der Waals surface area contributed by atoms with Crippen molar-refractivity contribution in [2.45, 2.75) is 19.7 Å². The Hall–Kier alpha value is -4.51. The van der Waals surface area contributed by atoms with E-state index in [0.29, 0.717) is 29.4 Å². The van der Waals surface area contributed by atoms with Crippen LogP contribution in [0.3, 0.4) is 0 Å². The fraction of sp³-hybridized carbons (Fsp3) is 0.207. The molecule has 0 aliphatic rings. The molecule has 12 heteroatoms. The van der Waals surface area contributed by atoms with Crippen LogP contribution in [0.2, 0.25) is 5.02 Å². The number of benzene rings is 3. The molecule has 2 N–H and O–H groups in total. The van der Waals surface area contributed by atoms with Crippen LogP contribution in [0.4, 0.5) is 13.2 Å². The summed E-state index contributed by atoms with van der Waals surface area (Å²) in [6.45, 7) is 1.49. The molecule has 0 aliphatic heterocycles. The molecule has 3 aromatic carbocycles. The van der Waals surface area contributed by atoms with Gasteiger partial charge in [0.1, 0.15) is 23.8 Å². The molecule has 0 saturated heterocycles. The number of rotatable bonds is 12. The lowest BCUT2D eigenvalue weighted by molar-refractivity contribution is -0.274. The Bertz CT molecular complexity index is 1360. The third kappa shape index (κ3) is 11.2.